The smallest absolute Gasteiger partial charge is 0.192 e. The van der Waals surface area contributed by atoms with Gasteiger partial charge in [-0.05, 0) is 36.8 Å². The SMILES string of the molecule is CC(=O)CSc1nnc(CNc2ccc(F)cc2)n1Cc1ccccc1. The van der Waals surface area contributed by atoms with Gasteiger partial charge in [0.1, 0.15) is 11.6 Å². The van der Waals surface area contributed by atoms with E-state index in [9.17, 15) is 9.18 Å². The molecule has 0 bridgehead atoms. The van der Waals surface area contributed by atoms with Gasteiger partial charge < -0.3 is 9.88 Å². The van der Waals surface area contributed by atoms with E-state index in [1.807, 2.05) is 34.9 Å². The lowest BCUT2D eigenvalue weighted by Crippen LogP contribution is -2.11. The minimum Gasteiger partial charge on any atom is -0.378 e. The largest absolute Gasteiger partial charge is 0.378 e. The Labute approximate surface area is 155 Å². The first-order chi connectivity index (χ1) is 12.6. The molecule has 134 valence electrons. The lowest BCUT2D eigenvalue weighted by molar-refractivity contribution is -0.114. The second-order valence-electron chi connectivity index (χ2n) is 5.82. The Balaban J connectivity index is 1.78. The lowest BCUT2D eigenvalue weighted by Gasteiger charge is -2.11. The van der Waals surface area contributed by atoms with Crippen LogP contribution in [-0.4, -0.2) is 26.3 Å². The Morgan fingerprint density at radius 1 is 1.12 bits per heavy atom. The first-order valence-corrected chi connectivity index (χ1v) is 9.18. The summed E-state index contributed by atoms with van der Waals surface area (Å²) in [4.78, 5) is 11.3. The normalized spacial score (nSPS) is 10.7. The molecule has 0 spiro atoms. The van der Waals surface area contributed by atoms with E-state index >= 15 is 0 Å². The summed E-state index contributed by atoms with van der Waals surface area (Å²) in [7, 11) is 0. The maximum Gasteiger partial charge on any atom is 0.192 e. The summed E-state index contributed by atoms with van der Waals surface area (Å²) in [6.45, 7) is 2.63. The molecule has 2 aromatic carbocycles. The van der Waals surface area contributed by atoms with Crippen LogP contribution in [0.15, 0.2) is 59.8 Å². The van der Waals surface area contributed by atoms with Crippen LogP contribution in [0.2, 0.25) is 0 Å². The number of halogens is 1. The highest BCUT2D eigenvalue weighted by Gasteiger charge is 2.14. The highest BCUT2D eigenvalue weighted by Crippen LogP contribution is 2.20. The number of benzene rings is 2. The molecule has 1 N–H and O–H groups in total. The molecule has 0 fully saturated rings. The number of carbonyl (C=O) groups excluding carboxylic acids is 1. The molecule has 3 aromatic rings. The van der Waals surface area contributed by atoms with Crippen LogP contribution in [0.3, 0.4) is 0 Å². The van der Waals surface area contributed by atoms with Crippen LogP contribution in [0.4, 0.5) is 10.1 Å². The minimum atomic E-state index is -0.272. The first kappa shape index (κ1) is 18.1. The van der Waals surface area contributed by atoms with E-state index < -0.39 is 0 Å². The lowest BCUT2D eigenvalue weighted by atomic mass is 10.2. The average Bonchev–Trinajstić information content (AvgIpc) is 3.02. The van der Waals surface area contributed by atoms with Gasteiger partial charge in [0.2, 0.25) is 0 Å². The van der Waals surface area contributed by atoms with Crippen molar-refractivity contribution < 1.29 is 9.18 Å². The third kappa shape index (κ3) is 4.92. The monoisotopic (exact) mass is 370 g/mol. The maximum atomic E-state index is 13.0. The van der Waals surface area contributed by atoms with Crippen LogP contribution in [0, 0.1) is 5.82 Å². The maximum absolute atomic E-state index is 13.0. The topological polar surface area (TPSA) is 59.8 Å². The number of nitrogens with one attached hydrogen (secondary N) is 1. The van der Waals surface area contributed by atoms with E-state index in [4.69, 9.17) is 0 Å². The fourth-order valence-corrected chi connectivity index (χ4v) is 3.15. The van der Waals surface area contributed by atoms with Gasteiger partial charge in [0.25, 0.3) is 0 Å². The number of nitrogens with zero attached hydrogens (tertiary/aromatic N) is 3. The Morgan fingerprint density at radius 2 is 1.85 bits per heavy atom. The molecule has 0 atom stereocenters. The molecule has 0 aliphatic carbocycles. The molecule has 0 aliphatic heterocycles. The fraction of sp³-hybridized carbons (Fsp3) is 0.211. The van der Waals surface area contributed by atoms with E-state index in [0.29, 0.717) is 24.0 Å². The highest BCUT2D eigenvalue weighted by atomic mass is 32.2. The molecule has 7 heteroatoms. The standard InChI is InChI=1S/C19H19FN4OS/c1-14(25)13-26-19-23-22-18(11-21-17-9-7-16(20)8-10-17)24(19)12-15-5-3-2-4-6-15/h2-10,21H,11-13H2,1H3. The number of hydrogen-bond acceptors (Lipinski definition) is 5. The third-order valence-corrected chi connectivity index (χ3v) is 4.79. The Hall–Kier alpha value is -2.67. The second kappa shape index (κ2) is 8.62. The number of Topliss-reactive ketones (excluding diaryl/α,β-unsaturated/α-hetero) is 1. The molecule has 0 saturated carbocycles. The van der Waals surface area contributed by atoms with E-state index in [1.165, 1.54) is 23.9 Å². The van der Waals surface area contributed by atoms with Crippen molar-refractivity contribution in [1.82, 2.24) is 14.8 Å². The minimum absolute atomic E-state index is 0.0928. The molecule has 0 radical (unpaired) electrons. The predicted molar refractivity (Wildman–Crippen MR) is 101 cm³/mol. The predicted octanol–water partition coefficient (Wildman–Crippen LogP) is 3.76. The molecule has 0 amide bonds. The van der Waals surface area contributed by atoms with Crippen LogP contribution in [-0.2, 0) is 17.9 Å². The fourth-order valence-electron chi connectivity index (χ4n) is 2.40. The van der Waals surface area contributed by atoms with E-state index in [-0.39, 0.29) is 11.6 Å². The molecule has 0 aliphatic rings. The summed E-state index contributed by atoms with van der Waals surface area (Å²) in [6.07, 6.45) is 0. The summed E-state index contributed by atoms with van der Waals surface area (Å²) >= 11 is 1.38. The highest BCUT2D eigenvalue weighted by molar-refractivity contribution is 7.99. The molecular weight excluding hydrogens is 351 g/mol. The second-order valence-corrected chi connectivity index (χ2v) is 6.76. The van der Waals surface area contributed by atoms with Gasteiger partial charge in [-0.3, -0.25) is 4.79 Å². The van der Waals surface area contributed by atoms with Gasteiger partial charge in [0.15, 0.2) is 11.0 Å². The molecule has 0 saturated heterocycles. The van der Waals surface area contributed by atoms with Gasteiger partial charge >= 0.3 is 0 Å². The molecule has 0 unspecified atom stereocenters. The number of ketones is 1. The Bertz CT molecular complexity index is 865. The third-order valence-electron chi connectivity index (χ3n) is 3.68. The zero-order chi connectivity index (χ0) is 18.4. The molecule has 5 nitrogen and oxygen atoms in total. The van der Waals surface area contributed by atoms with Crippen molar-refractivity contribution in [2.45, 2.75) is 25.2 Å². The van der Waals surface area contributed by atoms with Crippen LogP contribution in [0.5, 0.6) is 0 Å². The van der Waals surface area contributed by atoms with Gasteiger partial charge in [-0.1, -0.05) is 42.1 Å². The van der Waals surface area contributed by atoms with Crippen LogP contribution < -0.4 is 5.32 Å². The number of rotatable bonds is 8. The number of thioether (sulfide) groups is 1. The van der Waals surface area contributed by atoms with Crippen molar-refractivity contribution in [1.29, 1.82) is 0 Å². The van der Waals surface area contributed by atoms with Gasteiger partial charge in [0, 0.05) is 5.69 Å². The average molecular weight is 370 g/mol. The molecular formula is C19H19FN4OS. The molecule has 1 heterocycles. The van der Waals surface area contributed by atoms with Crippen LogP contribution in [0.25, 0.3) is 0 Å². The Kier molecular flexibility index (Phi) is 6.01. The van der Waals surface area contributed by atoms with Crippen LogP contribution in [0.1, 0.15) is 18.3 Å². The van der Waals surface area contributed by atoms with Crippen molar-refractivity contribution in [2.75, 3.05) is 11.1 Å². The molecule has 26 heavy (non-hydrogen) atoms. The van der Waals surface area contributed by atoms with Crippen LogP contribution >= 0.6 is 11.8 Å². The van der Waals surface area contributed by atoms with Gasteiger partial charge in [-0.15, -0.1) is 10.2 Å². The molecule has 3 rings (SSSR count). The van der Waals surface area contributed by atoms with Crippen molar-refractivity contribution in [3.63, 3.8) is 0 Å². The summed E-state index contributed by atoms with van der Waals surface area (Å²) < 4.78 is 15.0. The number of aromatic nitrogens is 3. The zero-order valence-corrected chi connectivity index (χ0v) is 15.2. The molecule has 1 aromatic heterocycles. The summed E-state index contributed by atoms with van der Waals surface area (Å²) in [6, 6.07) is 16.2. The van der Waals surface area contributed by atoms with Gasteiger partial charge in [-0.25, -0.2) is 4.39 Å². The summed E-state index contributed by atoms with van der Waals surface area (Å²) in [5.74, 6) is 0.934. The quantitative estimate of drug-likeness (QED) is 0.612. The number of carbonyl (C=O) groups is 1. The first-order valence-electron chi connectivity index (χ1n) is 8.19. The Morgan fingerprint density at radius 3 is 2.54 bits per heavy atom. The summed E-state index contributed by atoms with van der Waals surface area (Å²) in [5, 5.41) is 12.4. The number of anilines is 1. The zero-order valence-electron chi connectivity index (χ0n) is 14.4. The van der Waals surface area contributed by atoms with E-state index in [2.05, 4.69) is 15.5 Å². The van der Waals surface area contributed by atoms with Gasteiger partial charge in [-0.2, -0.15) is 0 Å². The van der Waals surface area contributed by atoms with Crippen molar-refractivity contribution in [2.24, 2.45) is 0 Å². The van der Waals surface area contributed by atoms with Gasteiger partial charge in [0.05, 0.1) is 18.8 Å². The van der Waals surface area contributed by atoms with Crippen molar-refractivity contribution >= 4 is 23.2 Å². The van der Waals surface area contributed by atoms with Crippen molar-refractivity contribution in [3.8, 4) is 0 Å². The number of hydrogen-bond donors (Lipinski definition) is 1. The summed E-state index contributed by atoms with van der Waals surface area (Å²) in [5.41, 5.74) is 1.93. The van der Waals surface area contributed by atoms with Crippen molar-refractivity contribution in [3.05, 3.63) is 71.8 Å². The van der Waals surface area contributed by atoms with E-state index in [1.54, 1.807) is 19.1 Å². The van der Waals surface area contributed by atoms with E-state index in [0.717, 1.165) is 17.1 Å².